The van der Waals surface area contributed by atoms with E-state index in [9.17, 15) is 0 Å². The third-order valence-corrected chi connectivity index (χ3v) is 2.17. The van der Waals surface area contributed by atoms with Crippen LogP contribution in [0.3, 0.4) is 0 Å². The molecule has 0 radical (unpaired) electrons. The van der Waals surface area contributed by atoms with Gasteiger partial charge in [0.1, 0.15) is 12.1 Å². The van der Waals surface area contributed by atoms with Crippen molar-refractivity contribution >= 4 is 11.6 Å². The van der Waals surface area contributed by atoms with Crippen LogP contribution >= 0.6 is 0 Å². The number of aryl methyl sites for hydroxylation is 1. The quantitative estimate of drug-likeness (QED) is 0.797. The van der Waals surface area contributed by atoms with Crippen molar-refractivity contribution in [3.8, 4) is 0 Å². The van der Waals surface area contributed by atoms with Gasteiger partial charge in [0.15, 0.2) is 0 Å². The molecule has 0 unspecified atom stereocenters. The topological polar surface area (TPSA) is 55.1 Å². The third kappa shape index (κ3) is 2.18. The van der Waals surface area contributed by atoms with Crippen LogP contribution in [0.25, 0.3) is 5.78 Å². The average Bonchev–Trinajstić information content (AvgIpc) is 2.64. The number of hydrogen-bond acceptors (Lipinski definition) is 4. The second kappa shape index (κ2) is 4.30. The highest BCUT2D eigenvalue weighted by atomic mass is 15.3. The maximum atomic E-state index is 4.27. The molecule has 5 heteroatoms. The van der Waals surface area contributed by atoms with Crippen LogP contribution in [0.15, 0.2) is 24.0 Å². The SMILES string of the molecule is CC(C)=CCNc1cc(C)nc2ncnn12. The number of allylic oxidation sites excluding steroid dienone is 1. The van der Waals surface area contributed by atoms with Crippen molar-refractivity contribution in [3.63, 3.8) is 0 Å². The molecule has 0 atom stereocenters. The number of hydrogen-bond donors (Lipinski definition) is 1. The summed E-state index contributed by atoms with van der Waals surface area (Å²) in [5, 5.41) is 7.41. The van der Waals surface area contributed by atoms with E-state index in [0.29, 0.717) is 5.78 Å². The van der Waals surface area contributed by atoms with E-state index < -0.39 is 0 Å². The van der Waals surface area contributed by atoms with E-state index in [1.165, 1.54) is 11.9 Å². The molecule has 0 aliphatic heterocycles. The van der Waals surface area contributed by atoms with Gasteiger partial charge in [-0.25, -0.2) is 4.98 Å². The first-order valence-electron chi connectivity index (χ1n) is 5.21. The number of fused-ring (bicyclic) bond motifs is 1. The molecular weight excluding hydrogens is 202 g/mol. The van der Waals surface area contributed by atoms with Gasteiger partial charge in [0.05, 0.1) is 0 Å². The van der Waals surface area contributed by atoms with Crippen LogP contribution in [0.4, 0.5) is 5.82 Å². The minimum atomic E-state index is 0.625. The van der Waals surface area contributed by atoms with Gasteiger partial charge in [0.2, 0.25) is 0 Å². The Kier molecular flexibility index (Phi) is 2.85. The zero-order valence-corrected chi connectivity index (χ0v) is 9.73. The Morgan fingerprint density at radius 2 is 2.31 bits per heavy atom. The van der Waals surface area contributed by atoms with E-state index in [4.69, 9.17) is 0 Å². The molecule has 0 aliphatic carbocycles. The third-order valence-electron chi connectivity index (χ3n) is 2.17. The van der Waals surface area contributed by atoms with Crippen molar-refractivity contribution in [1.82, 2.24) is 19.6 Å². The fourth-order valence-electron chi connectivity index (χ4n) is 1.42. The van der Waals surface area contributed by atoms with Crippen molar-refractivity contribution < 1.29 is 0 Å². The lowest BCUT2D eigenvalue weighted by Crippen LogP contribution is -2.06. The standard InChI is InChI=1S/C11H15N5/c1-8(2)4-5-12-10-6-9(3)15-11-13-7-14-16(10)11/h4,6-7,12H,5H2,1-3H3. The number of anilines is 1. The Balaban J connectivity index is 2.28. The molecule has 0 fully saturated rings. The van der Waals surface area contributed by atoms with E-state index in [0.717, 1.165) is 18.1 Å². The van der Waals surface area contributed by atoms with Gasteiger partial charge in [-0.2, -0.15) is 14.6 Å². The number of rotatable bonds is 3. The van der Waals surface area contributed by atoms with Gasteiger partial charge in [-0.3, -0.25) is 0 Å². The molecule has 16 heavy (non-hydrogen) atoms. The van der Waals surface area contributed by atoms with E-state index in [1.54, 1.807) is 4.52 Å². The lowest BCUT2D eigenvalue weighted by atomic mass is 10.3. The average molecular weight is 217 g/mol. The summed E-state index contributed by atoms with van der Waals surface area (Å²) in [5.41, 5.74) is 2.22. The summed E-state index contributed by atoms with van der Waals surface area (Å²) in [6.45, 7) is 6.87. The van der Waals surface area contributed by atoms with Crippen LogP contribution < -0.4 is 5.32 Å². The van der Waals surface area contributed by atoms with E-state index >= 15 is 0 Å². The molecule has 0 amide bonds. The van der Waals surface area contributed by atoms with Crippen LogP contribution in [0.5, 0.6) is 0 Å². The Hall–Kier alpha value is -1.91. The Bertz CT molecular complexity index is 522. The predicted molar refractivity (Wildman–Crippen MR) is 63.4 cm³/mol. The summed E-state index contributed by atoms with van der Waals surface area (Å²) in [6.07, 6.45) is 3.63. The molecule has 2 aromatic rings. The van der Waals surface area contributed by atoms with Gasteiger partial charge in [-0.1, -0.05) is 11.6 Å². The van der Waals surface area contributed by atoms with E-state index in [1.807, 2.05) is 13.0 Å². The van der Waals surface area contributed by atoms with Gasteiger partial charge in [0.25, 0.3) is 5.78 Å². The molecular formula is C11H15N5. The van der Waals surface area contributed by atoms with Crippen LogP contribution in [0.1, 0.15) is 19.5 Å². The Labute approximate surface area is 94.2 Å². The van der Waals surface area contributed by atoms with Crippen molar-refractivity contribution in [2.45, 2.75) is 20.8 Å². The number of nitrogens with one attached hydrogen (secondary N) is 1. The molecule has 2 heterocycles. The Morgan fingerprint density at radius 1 is 1.50 bits per heavy atom. The fraction of sp³-hybridized carbons (Fsp3) is 0.364. The van der Waals surface area contributed by atoms with Gasteiger partial charge in [-0.15, -0.1) is 0 Å². The van der Waals surface area contributed by atoms with Crippen molar-refractivity contribution in [3.05, 3.63) is 29.7 Å². The summed E-state index contributed by atoms with van der Waals surface area (Å²) < 4.78 is 1.70. The van der Waals surface area contributed by atoms with Gasteiger partial charge >= 0.3 is 0 Å². The van der Waals surface area contributed by atoms with Crippen LogP contribution in [-0.4, -0.2) is 26.1 Å². The lowest BCUT2D eigenvalue weighted by Gasteiger charge is -2.06. The monoisotopic (exact) mass is 217 g/mol. The van der Waals surface area contributed by atoms with Gasteiger partial charge in [0, 0.05) is 18.3 Å². The summed E-state index contributed by atoms with van der Waals surface area (Å²) in [4.78, 5) is 8.34. The molecule has 0 saturated heterocycles. The predicted octanol–water partition coefficient (Wildman–Crippen LogP) is 1.81. The summed E-state index contributed by atoms with van der Waals surface area (Å²) in [7, 11) is 0. The van der Waals surface area contributed by atoms with E-state index in [2.05, 4.69) is 40.3 Å². The number of aromatic nitrogens is 4. The molecule has 5 nitrogen and oxygen atoms in total. The summed E-state index contributed by atoms with van der Waals surface area (Å²) >= 11 is 0. The molecule has 0 bridgehead atoms. The molecule has 0 aliphatic rings. The highest BCUT2D eigenvalue weighted by Gasteiger charge is 2.03. The Morgan fingerprint density at radius 3 is 3.06 bits per heavy atom. The zero-order chi connectivity index (χ0) is 11.5. The highest BCUT2D eigenvalue weighted by molar-refractivity contribution is 5.45. The largest absolute Gasteiger partial charge is 0.366 e. The summed E-state index contributed by atoms with van der Waals surface area (Å²) in [6, 6.07) is 1.96. The fourth-order valence-corrected chi connectivity index (χ4v) is 1.42. The normalized spacial score (nSPS) is 10.4. The number of nitrogens with zero attached hydrogens (tertiary/aromatic N) is 4. The smallest absolute Gasteiger partial charge is 0.254 e. The van der Waals surface area contributed by atoms with Crippen molar-refractivity contribution in [2.24, 2.45) is 0 Å². The van der Waals surface area contributed by atoms with Gasteiger partial charge < -0.3 is 5.32 Å². The maximum Gasteiger partial charge on any atom is 0.254 e. The molecule has 84 valence electrons. The molecule has 1 N–H and O–H groups in total. The summed E-state index contributed by atoms with van der Waals surface area (Å²) in [5.74, 6) is 1.54. The minimum absolute atomic E-state index is 0.625. The molecule has 2 rings (SSSR count). The first-order chi connectivity index (χ1) is 7.66. The molecule has 2 aromatic heterocycles. The molecule has 0 saturated carbocycles. The molecule has 0 aromatic carbocycles. The maximum absolute atomic E-state index is 4.27. The lowest BCUT2D eigenvalue weighted by molar-refractivity contribution is 0.927. The van der Waals surface area contributed by atoms with Crippen molar-refractivity contribution in [2.75, 3.05) is 11.9 Å². The first-order valence-corrected chi connectivity index (χ1v) is 5.21. The second-order valence-electron chi connectivity index (χ2n) is 3.92. The van der Waals surface area contributed by atoms with Crippen LogP contribution in [0.2, 0.25) is 0 Å². The zero-order valence-electron chi connectivity index (χ0n) is 9.73. The van der Waals surface area contributed by atoms with E-state index in [-0.39, 0.29) is 0 Å². The highest BCUT2D eigenvalue weighted by Crippen LogP contribution is 2.09. The second-order valence-corrected chi connectivity index (χ2v) is 3.92. The van der Waals surface area contributed by atoms with Crippen molar-refractivity contribution in [1.29, 1.82) is 0 Å². The molecule has 0 spiro atoms. The van der Waals surface area contributed by atoms with Crippen LogP contribution in [-0.2, 0) is 0 Å². The van der Waals surface area contributed by atoms with Crippen LogP contribution in [0, 0.1) is 6.92 Å². The minimum Gasteiger partial charge on any atom is -0.366 e. The first kappa shape index (κ1) is 10.6. The van der Waals surface area contributed by atoms with Gasteiger partial charge in [-0.05, 0) is 20.8 Å².